The molecule has 0 radical (unpaired) electrons. The van der Waals surface area contributed by atoms with Crippen LogP contribution in [-0.2, 0) is 11.3 Å². The lowest BCUT2D eigenvalue weighted by Gasteiger charge is -2.06. The maximum atomic E-state index is 12.2. The van der Waals surface area contributed by atoms with Gasteiger partial charge in [-0.3, -0.25) is 4.79 Å². The Balaban J connectivity index is 0.00000300. The fourth-order valence-corrected chi connectivity index (χ4v) is 3.16. The molecule has 0 saturated heterocycles. The third-order valence-electron chi connectivity index (χ3n) is 4.69. The van der Waals surface area contributed by atoms with Crippen LogP contribution in [-0.4, -0.2) is 22.2 Å². The molecule has 0 spiro atoms. The molecule has 6 heteroatoms. The van der Waals surface area contributed by atoms with Crippen molar-refractivity contribution in [3.05, 3.63) is 72.4 Å². The average molecular weight is 413 g/mol. The summed E-state index contributed by atoms with van der Waals surface area (Å²) in [5, 5.41) is 7.83. The van der Waals surface area contributed by atoms with E-state index in [9.17, 15) is 4.79 Å². The van der Waals surface area contributed by atoms with Crippen molar-refractivity contribution in [2.24, 2.45) is 5.73 Å². The Morgan fingerprint density at radius 1 is 0.931 bits per heavy atom. The quantitative estimate of drug-likeness (QED) is 0.482. The molecule has 5 nitrogen and oxygen atoms in total. The minimum atomic E-state index is 0. The highest BCUT2D eigenvalue weighted by Crippen LogP contribution is 2.23. The normalized spacial score (nSPS) is 10.4. The van der Waals surface area contributed by atoms with Gasteiger partial charge in [-0.1, -0.05) is 61.4 Å². The molecule has 154 valence electrons. The number of amides is 1. The van der Waals surface area contributed by atoms with Crippen molar-refractivity contribution in [2.45, 2.75) is 38.6 Å². The number of unbranched alkanes of at least 4 members (excludes halogenated alkanes) is 3. The van der Waals surface area contributed by atoms with Crippen LogP contribution < -0.4 is 11.1 Å². The van der Waals surface area contributed by atoms with Crippen molar-refractivity contribution in [3.63, 3.8) is 0 Å². The first-order valence-electron chi connectivity index (χ1n) is 9.94. The van der Waals surface area contributed by atoms with E-state index in [4.69, 9.17) is 10.8 Å². The van der Waals surface area contributed by atoms with Crippen LogP contribution in [0.15, 0.2) is 66.9 Å². The van der Waals surface area contributed by atoms with Crippen LogP contribution in [0, 0.1) is 0 Å². The van der Waals surface area contributed by atoms with E-state index in [1.807, 2.05) is 71.5 Å². The zero-order valence-electron chi connectivity index (χ0n) is 16.6. The molecule has 0 aliphatic heterocycles. The molecule has 29 heavy (non-hydrogen) atoms. The summed E-state index contributed by atoms with van der Waals surface area (Å²) in [6, 6.07) is 20.1. The fraction of sp³-hybridized carbons (Fsp3) is 0.304. The third kappa shape index (κ3) is 6.73. The van der Waals surface area contributed by atoms with Crippen LogP contribution in [0.25, 0.3) is 16.9 Å². The molecule has 3 N–H and O–H groups in total. The molecular formula is C23H29ClN4O. The summed E-state index contributed by atoms with van der Waals surface area (Å²) in [7, 11) is 0. The number of hydrogen-bond donors (Lipinski definition) is 2. The maximum absolute atomic E-state index is 12.2. The first kappa shape index (κ1) is 22.7. The topological polar surface area (TPSA) is 72.9 Å². The van der Waals surface area contributed by atoms with Crippen molar-refractivity contribution in [3.8, 4) is 16.9 Å². The second kappa shape index (κ2) is 12.0. The van der Waals surface area contributed by atoms with Gasteiger partial charge >= 0.3 is 0 Å². The van der Waals surface area contributed by atoms with Gasteiger partial charge in [0.1, 0.15) is 0 Å². The van der Waals surface area contributed by atoms with E-state index in [1.165, 1.54) is 0 Å². The molecule has 2 aromatic carbocycles. The number of benzene rings is 2. The lowest BCUT2D eigenvalue weighted by Crippen LogP contribution is -2.22. The van der Waals surface area contributed by atoms with Crippen molar-refractivity contribution >= 4 is 18.3 Å². The van der Waals surface area contributed by atoms with Crippen LogP contribution in [0.1, 0.15) is 37.7 Å². The third-order valence-corrected chi connectivity index (χ3v) is 4.69. The number of carbonyl (C=O) groups excluding carboxylic acids is 1. The molecule has 0 atom stereocenters. The molecular weight excluding hydrogens is 384 g/mol. The van der Waals surface area contributed by atoms with Crippen molar-refractivity contribution in [1.29, 1.82) is 0 Å². The Hall–Kier alpha value is -2.63. The summed E-state index contributed by atoms with van der Waals surface area (Å²) < 4.78 is 1.87. The van der Waals surface area contributed by atoms with Crippen LogP contribution in [0.5, 0.6) is 0 Å². The monoisotopic (exact) mass is 412 g/mol. The summed E-state index contributed by atoms with van der Waals surface area (Å²) in [6.07, 6.45) is 6.62. The van der Waals surface area contributed by atoms with Gasteiger partial charge in [0.25, 0.3) is 0 Å². The van der Waals surface area contributed by atoms with Crippen molar-refractivity contribution < 1.29 is 4.79 Å². The highest BCUT2D eigenvalue weighted by atomic mass is 35.5. The first-order chi connectivity index (χ1) is 13.8. The van der Waals surface area contributed by atoms with Crippen molar-refractivity contribution in [1.82, 2.24) is 15.1 Å². The van der Waals surface area contributed by atoms with Crippen LogP contribution in [0.3, 0.4) is 0 Å². The van der Waals surface area contributed by atoms with Gasteiger partial charge in [0, 0.05) is 30.3 Å². The van der Waals surface area contributed by atoms with E-state index in [-0.39, 0.29) is 18.3 Å². The second-order valence-corrected chi connectivity index (χ2v) is 6.88. The van der Waals surface area contributed by atoms with Gasteiger partial charge in [-0.2, -0.15) is 5.10 Å². The molecule has 0 bridgehead atoms. The Kier molecular flexibility index (Phi) is 9.41. The zero-order valence-corrected chi connectivity index (χ0v) is 17.4. The van der Waals surface area contributed by atoms with Gasteiger partial charge in [-0.25, -0.2) is 4.68 Å². The zero-order chi connectivity index (χ0) is 19.6. The maximum Gasteiger partial charge on any atom is 0.220 e. The number of rotatable bonds is 10. The smallest absolute Gasteiger partial charge is 0.220 e. The number of hydrogen-bond acceptors (Lipinski definition) is 3. The number of aromatic nitrogens is 2. The minimum absolute atomic E-state index is 0. The van der Waals surface area contributed by atoms with E-state index in [1.54, 1.807) is 0 Å². The van der Waals surface area contributed by atoms with Crippen LogP contribution in [0.2, 0.25) is 0 Å². The van der Waals surface area contributed by atoms with Gasteiger partial charge in [-0.15, -0.1) is 12.4 Å². The number of nitrogens with zero attached hydrogens (tertiary/aromatic N) is 2. The number of nitrogens with one attached hydrogen (secondary N) is 1. The molecule has 1 heterocycles. The lowest BCUT2D eigenvalue weighted by molar-refractivity contribution is -0.121. The summed E-state index contributed by atoms with van der Waals surface area (Å²) in [5.41, 5.74) is 9.45. The van der Waals surface area contributed by atoms with Gasteiger partial charge in [0.2, 0.25) is 5.91 Å². The predicted octanol–water partition coefficient (Wildman–Crippen LogP) is 4.49. The molecule has 0 fully saturated rings. The Labute approximate surface area is 178 Å². The largest absolute Gasteiger partial charge is 0.352 e. The average Bonchev–Trinajstić information content (AvgIpc) is 3.18. The van der Waals surface area contributed by atoms with Crippen LogP contribution in [0.4, 0.5) is 0 Å². The molecule has 1 aromatic heterocycles. The van der Waals surface area contributed by atoms with Crippen molar-refractivity contribution in [2.75, 3.05) is 6.54 Å². The van der Waals surface area contributed by atoms with E-state index >= 15 is 0 Å². The molecule has 0 aliphatic rings. The van der Waals surface area contributed by atoms with E-state index in [0.717, 1.165) is 54.7 Å². The van der Waals surface area contributed by atoms with Gasteiger partial charge < -0.3 is 11.1 Å². The summed E-state index contributed by atoms with van der Waals surface area (Å²) in [5.74, 6) is 0.0826. The molecule has 3 rings (SSSR count). The molecule has 0 saturated carbocycles. The standard InChI is InChI=1S/C23H28N4O.ClH/c24-16-10-2-1-9-15-22(28)25-17-20-18-27(21-13-7-4-8-14-21)26-23(20)19-11-5-3-6-12-19;/h3-8,11-14,18H,1-2,9-10,15-17,24H2,(H,25,28);1H. The summed E-state index contributed by atoms with van der Waals surface area (Å²) in [4.78, 5) is 12.2. The summed E-state index contributed by atoms with van der Waals surface area (Å²) in [6.45, 7) is 1.19. The molecule has 1 amide bonds. The predicted molar refractivity (Wildman–Crippen MR) is 120 cm³/mol. The Bertz CT molecular complexity index is 865. The lowest BCUT2D eigenvalue weighted by atomic mass is 10.1. The summed E-state index contributed by atoms with van der Waals surface area (Å²) >= 11 is 0. The highest BCUT2D eigenvalue weighted by molar-refractivity contribution is 5.85. The number of carbonyl (C=O) groups is 1. The van der Waals surface area contributed by atoms with E-state index < -0.39 is 0 Å². The second-order valence-electron chi connectivity index (χ2n) is 6.88. The fourth-order valence-electron chi connectivity index (χ4n) is 3.16. The van der Waals surface area contributed by atoms with E-state index in [2.05, 4.69) is 5.32 Å². The van der Waals surface area contributed by atoms with Gasteiger partial charge in [0.15, 0.2) is 0 Å². The van der Waals surface area contributed by atoms with Crippen LogP contribution >= 0.6 is 12.4 Å². The first-order valence-corrected chi connectivity index (χ1v) is 9.94. The highest BCUT2D eigenvalue weighted by Gasteiger charge is 2.13. The number of nitrogens with two attached hydrogens (primary N) is 1. The van der Waals surface area contributed by atoms with Gasteiger partial charge in [0.05, 0.1) is 11.4 Å². The molecule has 0 aliphatic carbocycles. The molecule has 3 aromatic rings. The minimum Gasteiger partial charge on any atom is -0.352 e. The number of para-hydroxylation sites is 1. The Morgan fingerprint density at radius 3 is 2.28 bits per heavy atom. The SMILES string of the molecule is Cl.NCCCCCCC(=O)NCc1cn(-c2ccccc2)nc1-c1ccccc1. The van der Waals surface area contributed by atoms with E-state index in [0.29, 0.717) is 13.0 Å². The molecule has 0 unspecified atom stereocenters. The van der Waals surface area contributed by atoms with Gasteiger partial charge in [-0.05, 0) is 31.5 Å². The number of halogens is 1. The Morgan fingerprint density at radius 2 is 1.59 bits per heavy atom.